The van der Waals surface area contributed by atoms with Gasteiger partial charge in [-0.2, -0.15) is 0 Å². The summed E-state index contributed by atoms with van der Waals surface area (Å²) in [6.45, 7) is 5.72. The Bertz CT molecular complexity index is 850. The van der Waals surface area contributed by atoms with Crippen LogP contribution in [0.25, 0.3) is 0 Å². The monoisotopic (exact) mass is 371 g/mol. The lowest BCUT2D eigenvalue weighted by Crippen LogP contribution is -3.15. The van der Waals surface area contributed by atoms with Crippen molar-refractivity contribution in [3.8, 4) is 0 Å². The van der Waals surface area contributed by atoms with Crippen molar-refractivity contribution in [1.29, 1.82) is 0 Å². The fraction of sp³-hybridized carbons (Fsp3) is 0.444. The second-order valence-corrected chi connectivity index (χ2v) is 6.66. The van der Waals surface area contributed by atoms with Crippen molar-refractivity contribution in [2.24, 2.45) is 0 Å². The number of nitrogens with zero attached hydrogens (tertiary/aromatic N) is 5. The first-order valence-electron chi connectivity index (χ1n) is 9.22. The first-order valence-corrected chi connectivity index (χ1v) is 9.22. The van der Waals surface area contributed by atoms with Crippen molar-refractivity contribution >= 4 is 5.91 Å². The van der Waals surface area contributed by atoms with E-state index in [1.807, 2.05) is 17.0 Å². The van der Waals surface area contributed by atoms with E-state index < -0.39 is 0 Å². The molecule has 0 unspecified atom stereocenters. The molecule has 1 saturated heterocycles. The maximum absolute atomic E-state index is 12.4. The minimum Gasteiger partial charge on any atom is -0.467 e. The predicted octanol–water partition coefficient (Wildman–Crippen LogP) is 0.399. The molecule has 4 rings (SSSR count). The van der Waals surface area contributed by atoms with E-state index >= 15 is 0 Å². The zero-order valence-corrected chi connectivity index (χ0v) is 15.2. The molecule has 4 heterocycles. The highest BCUT2D eigenvalue weighted by Crippen LogP contribution is 2.13. The highest BCUT2D eigenvalue weighted by Gasteiger charge is 2.33. The Morgan fingerprint density at radius 3 is 2.67 bits per heavy atom. The maximum Gasteiger partial charge on any atom is 0.289 e. The molecule has 3 aromatic heterocycles. The smallest absolute Gasteiger partial charge is 0.289 e. The van der Waals surface area contributed by atoms with Crippen LogP contribution in [-0.4, -0.2) is 57.2 Å². The van der Waals surface area contributed by atoms with Gasteiger partial charge in [-0.25, -0.2) is 4.68 Å². The molecule has 142 valence electrons. The van der Waals surface area contributed by atoms with E-state index in [1.165, 1.54) is 11.2 Å². The first kappa shape index (κ1) is 17.5. The van der Waals surface area contributed by atoms with Crippen LogP contribution in [0.2, 0.25) is 0 Å². The molecule has 1 aliphatic rings. The molecule has 3 aromatic rings. The highest BCUT2D eigenvalue weighted by atomic mass is 16.3. The average Bonchev–Trinajstić information content (AvgIpc) is 3.46. The van der Waals surface area contributed by atoms with E-state index in [-0.39, 0.29) is 11.9 Å². The minimum atomic E-state index is -0.0465. The van der Waals surface area contributed by atoms with Gasteiger partial charge in [0.2, 0.25) is 5.82 Å². The van der Waals surface area contributed by atoms with Crippen molar-refractivity contribution in [1.82, 2.24) is 25.1 Å². The number of piperazine rings is 1. The second-order valence-electron chi connectivity index (χ2n) is 6.66. The first-order chi connectivity index (χ1) is 13.3. The third-order valence-corrected chi connectivity index (χ3v) is 5.08. The van der Waals surface area contributed by atoms with E-state index in [1.54, 1.807) is 23.1 Å². The van der Waals surface area contributed by atoms with Gasteiger partial charge in [0.1, 0.15) is 18.3 Å². The molecule has 0 radical (unpaired) electrons. The number of carbonyl (C=O) groups is 1. The summed E-state index contributed by atoms with van der Waals surface area (Å²) < 4.78 is 12.5. The van der Waals surface area contributed by atoms with Gasteiger partial charge in [-0.05, 0) is 34.7 Å². The fourth-order valence-electron chi connectivity index (χ4n) is 3.68. The quantitative estimate of drug-likeness (QED) is 0.674. The number of hydrogen-bond acceptors (Lipinski definition) is 6. The van der Waals surface area contributed by atoms with E-state index in [9.17, 15) is 4.79 Å². The van der Waals surface area contributed by atoms with Crippen LogP contribution in [0, 0.1) is 0 Å². The summed E-state index contributed by atoms with van der Waals surface area (Å²) in [5, 5.41) is 12.3. The van der Waals surface area contributed by atoms with Crippen LogP contribution < -0.4 is 4.90 Å². The highest BCUT2D eigenvalue weighted by molar-refractivity contribution is 5.91. The maximum atomic E-state index is 12.4. The number of hydrogen-bond donors (Lipinski definition) is 1. The topological polar surface area (TPSA) is 94.6 Å². The number of quaternary nitrogens is 1. The molecule has 0 spiro atoms. The third kappa shape index (κ3) is 3.63. The number of furan rings is 2. The van der Waals surface area contributed by atoms with Gasteiger partial charge >= 0.3 is 0 Å². The lowest BCUT2D eigenvalue weighted by Gasteiger charge is -2.35. The SMILES string of the molecule is CC[C@@H](c1nnnn1Cc1ccco1)[NH+]1CCN(C(=O)c2ccco2)CC1. The van der Waals surface area contributed by atoms with Crippen molar-refractivity contribution in [2.45, 2.75) is 25.9 Å². The molecule has 1 aliphatic heterocycles. The van der Waals surface area contributed by atoms with E-state index in [2.05, 4.69) is 22.4 Å². The Labute approximate surface area is 156 Å². The largest absolute Gasteiger partial charge is 0.467 e. The molecular formula is C18H23N6O3+. The van der Waals surface area contributed by atoms with Gasteiger partial charge in [-0.15, -0.1) is 5.10 Å². The average molecular weight is 371 g/mol. The van der Waals surface area contributed by atoms with E-state index in [0.29, 0.717) is 25.4 Å². The van der Waals surface area contributed by atoms with Crippen LogP contribution in [0.1, 0.15) is 41.5 Å². The number of carbonyl (C=O) groups excluding carboxylic acids is 1. The Balaban J connectivity index is 1.42. The zero-order valence-electron chi connectivity index (χ0n) is 15.2. The van der Waals surface area contributed by atoms with Gasteiger partial charge < -0.3 is 18.6 Å². The van der Waals surface area contributed by atoms with Crippen molar-refractivity contribution in [3.05, 3.63) is 54.1 Å². The van der Waals surface area contributed by atoms with Gasteiger partial charge in [0.15, 0.2) is 5.76 Å². The van der Waals surface area contributed by atoms with Crippen molar-refractivity contribution in [3.63, 3.8) is 0 Å². The second kappa shape index (κ2) is 7.75. The number of tetrazole rings is 1. The predicted molar refractivity (Wildman–Crippen MR) is 94.0 cm³/mol. The molecule has 1 N–H and O–H groups in total. The Kier molecular flexibility index (Phi) is 5.01. The molecule has 9 nitrogen and oxygen atoms in total. The van der Waals surface area contributed by atoms with Gasteiger partial charge in [0.25, 0.3) is 5.91 Å². The molecule has 0 aliphatic carbocycles. The van der Waals surface area contributed by atoms with Gasteiger partial charge in [-0.1, -0.05) is 6.92 Å². The Hall–Kier alpha value is -2.94. The van der Waals surface area contributed by atoms with Crippen molar-refractivity contribution < 1.29 is 18.5 Å². The standard InChI is InChI=1S/C18H22N6O3/c1-2-15(17-19-20-21-24(17)13-14-5-3-11-26-14)22-7-9-23(10-8-22)18(25)16-6-4-12-27-16/h3-6,11-12,15H,2,7-10,13H2,1H3/p+1/t15-/m0/s1. The third-order valence-electron chi connectivity index (χ3n) is 5.08. The number of nitrogens with one attached hydrogen (secondary N) is 1. The van der Waals surface area contributed by atoms with Crippen molar-refractivity contribution in [2.75, 3.05) is 26.2 Å². The minimum absolute atomic E-state index is 0.0465. The van der Waals surface area contributed by atoms with Crippen LogP contribution in [0.5, 0.6) is 0 Å². The lowest BCUT2D eigenvalue weighted by atomic mass is 10.1. The fourth-order valence-corrected chi connectivity index (χ4v) is 3.68. The number of aromatic nitrogens is 4. The molecule has 1 atom stereocenters. The Morgan fingerprint density at radius 2 is 2.00 bits per heavy atom. The summed E-state index contributed by atoms with van der Waals surface area (Å²) in [5.74, 6) is 2.03. The zero-order chi connectivity index (χ0) is 18.6. The molecule has 1 fully saturated rings. The molecule has 9 heteroatoms. The summed E-state index contributed by atoms with van der Waals surface area (Å²) in [6.07, 6.45) is 4.10. The van der Waals surface area contributed by atoms with Gasteiger partial charge in [0, 0.05) is 6.42 Å². The molecule has 1 amide bonds. The molecule has 0 aromatic carbocycles. The van der Waals surface area contributed by atoms with Gasteiger partial charge in [0.05, 0.1) is 38.7 Å². The summed E-state index contributed by atoms with van der Waals surface area (Å²) in [4.78, 5) is 15.7. The van der Waals surface area contributed by atoms with Crippen LogP contribution in [0.3, 0.4) is 0 Å². The summed E-state index contributed by atoms with van der Waals surface area (Å²) in [6, 6.07) is 7.39. The lowest BCUT2D eigenvalue weighted by molar-refractivity contribution is -0.936. The molecule has 0 saturated carbocycles. The van der Waals surface area contributed by atoms with Crippen LogP contribution in [0.15, 0.2) is 45.6 Å². The summed E-state index contributed by atoms with van der Waals surface area (Å²) in [5.41, 5.74) is 0. The molecular weight excluding hydrogens is 348 g/mol. The molecule has 27 heavy (non-hydrogen) atoms. The van der Waals surface area contributed by atoms with E-state index in [4.69, 9.17) is 8.83 Å². The van der Waals surface area contributed by atoms with Crippen LogP contribution in [0.4, 0.5) is 0 Å². The Morgan fingerprint density at radius 1 is 1.22 bits per heavy atom. The molecule has 0 bridgehead atoms. The van der Waals surface area contributed by atoms with Gasteiger partial charge in [-0.3, -0.25) is 4.79 Å². The summed E-state index contributed by atoms with van der Waals surface area (Å²) >= 11 is 0. The number of rotatable bonds is 6. The normalized spacial score (nSPS) is 16.6. The summed E-state index contributed by atoms with van der Waals surface area (Å²) in [7, 11) is 0. The van der Waals surface area contributed by atoms with Crippen LogP contribution >= 0.6 is 0 Å². The number of amides is 1. The van der Waals surface area contributed by atoms with E-state index in [0.717, 1.165) is 31.1 Å². The van der Waals surface area contributed by atoms with Crippen LogP contribution in [-0.2, 0) is 6.54 Å².